The van der Waals surface area contributed by atoms with Gasteiger partial charge in [0, 0.05) is 23.4 Å². The van der Waals surface area contributed by atoms with E-state index in [-0.39, 0.29) is 35.1 Å². The zero-order chi connectivity index (χ0) is 19.9. The molecule has 0 radical (unpaired) electrons. The van der Waals surface area contributed by atoms with Crippen LogP contribution >= 0.6 is 0 Å². The lowest BCUT2D eigenvalue weighted by Gasteiger charge is -2.06. The average molecular weight is 465 g/mol. The fraction of sp³-hybridized carbons (Fsp3) is 0.190. The maximum Gasteiger partial charge on any atom is 0.387 e. The normalized spacial score (nSPS) is 10.3. The molecule has 29 heavy (non-hydrogen) atoms. The number of hydrogen-bond donors (Lipinski definition) is 0. The van der Waals surface area contributed by atoms with Gasteiger partial charge in [0.2, 0.25) is 12.3 Å². The lowest BCUT2D eigenvalue weighted by molar-refractivity contribution is -0.683. The monoisotopic (exact) mass is 464 g/mol. The second-order valence-corrected chi connectivity index (χ2v) is 6.09. The van der Waals surface area contributed by atoms with Gasteiger partial charge >= 0.3 is 6.61 Å². The van der Waals surface area contributed by atoms with Gasteiger partial charge in [0.05, 0.1) is 5.69 Å². The fourth-order valence-electron chi connectivity index (χ4n) is 2.56. The van der Waals surface area contributed by atoms with Crippen molar-refractivity contribution in [1.82, 2.24) is 4.98 Å². The van der Waals surface area contributed by atoms with Crippen LogP contribution in [-0.2, 0) is 13.2 Å². The number of carbonyl (C=O) groups excluding carboxylic acids is 1. The zero-order valence-corrected chi connectivity index (χ0v) is 17.2. The van der Waals surface area contributed by atoms with Crippen LogP contribution in [0.5, 0.6) is 11.5 Å². The molecule has 0 spiro atoms. The highest BCUT2D eigenvalue weighted by Crippen LogP contribution is 2.15. The summed E-state index contributed by atoms with van der Waals surface area (Å²) in [5.41, 5.74) is 2.19. The number of aromatic nitrogens is 2. The first-order valence-corrected chi connectivity index (χ1v) is 8.62. The van der Waals surface area contributed by atoms with E-state index >= 15 is 0 Å². The van der Waals surface area contributed by atoms with Gasteiger partial charge in [-0.05, 0) is 43.3 Å². The Morgan fingerprint density at radius 1 is 1.03 bits per heavy atom. The molecule has 0 aliphatic carbocycles. The summed E-state index contributed by atoms with van der Waals surface area (Å²) in [5, 5.41) is 0. The van der Waals surface area contributed by atoms with Crippen molar-refractivity contribution >= 4 is 5.78 Å². The quantitative estimate of drug-likeness (QED) is 0.364. The maximum absolute atomic E-state index is 12.3. The number of ether oxygens (including phenoxy) is 2. The molecule has 0 aliphatic rings. The zero-order valence-electron chi connectivity index (χ0n) is 15.6. The third-order valence-corrected chi connectivity index (χ3v) is 3.92. The van der Waals surface area contributed by atoms with Crippen molar-refractivity contribution in [1.29, 1.82) is 0 Å². The molecule has 3 rings (SSSR count). The van der Waals surface area contributed by atoms with Gasteiger partial charge in [-0.3, -0.25) is 9.78 Å². The second kappa shape index (κ2) is 10.6. The first kappa shape index (κ1) is 22.4. The largest absolute Gasteiger partial charge is 1.00 e. The van der Waals surface area contributed by atoms with E-state index in [0.717, 1.165) is 11.4 Å². The smallest absolute Gasteiger partial charge is 0.387 e. The van der Waals surface area contributed by atoms with Crippen LogP contribution in [0.25, 0.3) is 0 Å². The summed E-state index contributed by atoms with van der Waals surface area (Å²) >= 11 is 0. The van der Waals surface area contributed by atoms with Crippen LogP contribution in [0.1, 0.15) is 21.7 Å². The maximum atomic E-state index is 12.3. The Balaban J connectivity index is 0.00000300. The first-order valence-electron chi connectivity index (χ1n) is 8.62. The topological polar surface area (TPSA) is 52.3 Å². The number of rotatable bonds is 8. The number of Topliss-reactive ketones (excluding diaryl/α,β-unsaturated/α-hetero) is 1. The molecule has 0 fully saturated rings. The molecule has 0 bridgehead atoms. The van der Waals surface area contributed by atoms with Gasteiger partial charge in [0.25, 0.3) is 0 Å². The highest BCUT2D eigenvalue weighted by Gasteiger charge is 2.13. The molecule has 0 saturated carbocycles. The second-order valence-electron chi connectivity index (χ2n) is 6.09. The molecular formula is C21H19BrF2N2O3. The molecule has 0 N–H and O–H groups in total. The van der Waals surface area contributed by atoms with Gasteiger partial charge in [-0.25, -0.2) is 0 Å². The molecule has 5 nitrogen and oxygen atoms in total. The van der Waals surface area contributed by atoms with E-state index in [1.807, 2.05) is 25.1 Å². The molecule has 1 aromatic carbocycles. The number of carbonyl (C=O) groups is 1. The van der Waals surface area contributed by atoms with Crippen LogP contribution in [0.15, 0.2) is 67.0 Å². The molecule has 0 aliphatic heterocycles. The van der Waals surface area contributed by atoms with Crippen LogP contribution in [0.4, 0.5) is 8.78 Å². The summed E-state index contributed by atoms with van der Waals surface area (Å²) < 4.78 is 36.0. The van der Waals surface area contributed by atoms with Crippen LogP contribution in [0, 0.1) is 6.92 Å². The molecular weight excluding hydrogens is 446 g/mol. The lowest BCUT2D eigenvalue weighted by Crippen LogP contribution is -3.00. The summed E-state index contributed by atoms with van der Waals surface area (Å²) in [6.45, 7) is -0.489. The Labute approximate surface area is 177 Å². The van der Waals surface area contributed by atoms with Crippen LogP contribution in [-0.4, -0.2) is 17.4 Å². The van der Waals surface area contributed by atoms with E-state index in [1.165, 1.54) is 24.3 Å². The number of alkyl halides is 2. The van der Waals surface area contributed by atoms with Crippen LogP contribution < -0.4 is 31.0 Å². The predicted molar refractivity (Wildman–Crippen MR) is 97.3 cm³/mol. The van der Waals surface area contributed by atoms with E-state index in [0.29, 0.717) is 17.9 Å². The summed E-state index contributed by atoms with van der Waals surface area (Å²) in [5.74, 6) is 0.538. The highest BCUT2D eigenvalue weighted by atomic mass is 79.9. The molecule has 0 unspecified atom stereocenters. The number of hydrogen-bond acceptors (Lipinski definition) is 4. The van der Waals surface area contributed by atoms with Crippen molar-refractivity contribution in [3.63, 3.8) is 0 Å². The summed E-state index contributed by atoms with van der Waals surface area (Å²) in [4.78, 5) is 16.7. The standard InChI is InChI=1S/C21H19F2N2O3.BrH/c1-15-3-2-4-17(24-15)14-27-18-9-11-25(12-10-18)13-20(26)16-5-7-19(8-6-16)28-21(22)23;/h2-12,21H,13-14H2,1H3;1H/q+1;/p-1. The van der Waals surface area contributed by atoms with E-state index in [4.69, 9.17) is 4.74 Å². The SMILES string of the molecule is Cc1cccc(COc2cc[n+](CC(=O)c3ccc(OC(F)F)cc3)cc2)n1.[Br-]. The number of benzene rings is 1. The molecule has 2 aromatic heterocycles. The number of nitrogens with zero attached hydrogens (tertiary/aromatic N) is 2. The van der Waals surface area contributed by atoms with Gasteiger partial charge in [-0.1, -0.05) is 6.07 Å². The molecule has 0 amide bonds. The molecule has 152 valence electrons. The minimum Gasteiger partial charge on any atom is -1.00 e. The molecule has 0 atom stereocenters. The minimum atomic E-state index is -2.89. The molecule has 3 aromatic rings. The lowest BCUT2D eigenvalue weighted by atomic mass is 10.1. The van der Waals surface area contributed by atoms with E-state index in [1.54, 1.807) is 29.1 Å². The van der Waals surface area contributed by atoms with Crippen molar-refractivity contribution < 1.29 is 44.6 Å². The van der Waals surface area contributed by atoms with E-state index < -0.39 is 6.61 Å². The van der Waals surface area contributed by atoms with Gasteiger partial charge in [-0.2, -0.15) is 13.3 Å². The number of aryl methyl sites for hydroxylation is 1. The van der Waals surface area contributed by atoms with Crippen molar-refractivity contribution in [2.45, 2.75) is 26.7 Å². The molecule has 0 saturated heterocycles. The Morgan fingerprint density at radius 2 is 1.72 bits per heavy atom. The molecule has 8 heteroatoms. The minimum absolute atomic E-state index is 0. The predicted octanol–water partition coefficient (Wildman–Crippen LogP) is 0.745. The van der Waals surface area contributed by atoms with Crippen LogP contribution in [0.2, 0.25) is 0 Å². The number of ketones is 1. The van der Waals surface area contributed by atoms with Gasteiger partial charge in [0.1, 0.15) is 18.1 Å². The van der Waals surface area contributed by atoms with E-state index in [9.17, 15) is 13.6 Å². The average Bonchev–Trinajstić information content (AvgIpc) is 2.67. The summed E-state index contributed by atoms with van der Waals surface area (Å²) in [7, 11) is 0. The van der Waals surface area contributed by atoms with Gasteiger partial charge in [-0.15, -0.1) is 0 Å². The van der Waals surface area contributed by atoms with Gasteiger partial charge in [0.15, 0.2) is 12.4 Å². The Kier molecular flexibility index (Phi) is 8.21. The Hall–Kier alpha value is -2.87. The third-order valence-electron chi connectivity index (χ3n) is 3.92. The number of pyridine rings is 2. The Morgan fingerprint density at radius 3 is 2.34 bits per heavy atom. The van der Waals surface area contributed by atoms with Crippen molar-refractivity contribution in [3.05, 3.63) is 83.9 Å². The first-order chi connectivity index (χ1) is 13.5. The van der Waals surface area contributed by atoms with Gasteiger partial charge < -0.3 is 26.5 Å². The number of halogens is 3. The third kappa shape index (κ3) is 6.90. The van der Waals surface area contributed by atoms with Crippen molar-refractivity contribution in [2.75, 3.05) is 0 Å². The summed E-state index contributed by atoms with van der Waals surface area (Å²) in [6.07, 6.45) is 3.48. The van der Waals surface area contributed by atoms with E-state index in [2.05, 4.69) is 9.72 Å². The fourth-order valence-corrected chi connectivity index (χ4v) is 2.56. The molecule has 2 heterocycles. The highest BCUT2D eigenvalue weighted by molar-refractivity contribution is 5.95. The van der Waals surface area contributed by atoms with Crippen LogP contribution in [0.3, 0.4) is 0 Å². The van der Waals surface area contributed by atoms with Crippen molar-refractivity contribution in [3.8, 4) is 11.5 Å². The Bertz CT molecular complexity index is 935. The summed E-state index contributed by atoms with van der Waals surface area (Å²) in [6, 6.07) is 14.9. The van der Waals surface area contributed by atoms with Crippen molar-refractivity contribution in [2.24, 2.45) is 0 Å².